The van der Waals surface area contributed by atoms with Gasteiger partial charge in [-0.25, -0.2) is 4.98 Å². The fraction of sp³-hybridized carbons (Fsp3) is 0.219. The van der Waals surface area contributed by atoms with Crippen molar-refractivity contribution in [2.75, 3.05) is 13.7 Å². The van der Waals surface area contributed by atoms with E-state index in [-0.39, 0.29) is 5.56 Å². The molecule has 1 heterocycles. The molecule has 0 saturated heterocycles. The van der Waals surface area contributed by atoms with Crippen LogP contribution in [0.2, 0.25) is 0 Å². The van der Waals surface area contributed by atoms with Crippen molar-refractivity contribution < 1.29 is 9.47 Å². The van der Waals surface area contributed by atoms with E-state index in [1.807, 2.05) is 67.6 Å². The lowest BCUT2D eigenvalue weighted by Crippen LogP contribution is -2.28. The predicted octanol–water partition coefficient (Wildman–Crippen LogP) is 6.16. The van der Waals surface area contributed by atoms with Gasteiger partial charge in [0.05, 0.1) is 23.0 Å². The number of aryl methyl sites for hydroxylation is 2. The van der Waals surface area contributed by atoms with Gasteiger partial charge in [-0.15, -0.1) is 0 Å². The van der Waals surface area contributed by atoms with Crippen LogP contribution in [0.25, 0.3) is 16.8 Å². The van der Waals surface area contributed by atoms with Gasteiger partial charge in [0.1, 0.15) is 23.9 Å². The van der Waals surface area contributed by atoms with Gasteiger partial charge in [0.2, 0.25) is 0 Å². The van der Waals surface area contributed by atoms with Gasteiger partial charge in [0, 0.05) is 19.1 Å². The van der Waals surface area contributed by atoms with E-state index in [1.54, 1.807) is 23.8 Å². The summed E-state index contributed by atoms with van der Waals surface area (Å²) in [6.07, 6.45) is 2.10. The molecule has 0 aliphatic carbocycles. The average molecular weight is 506 g/mol. The first kappa shape index (κ1) is 26.6. The van der Waals surface area contributed by atoms with Gasteiger partial charge >= 0.3 is 0 Å². The van der Waals surface area contributed by atoms with Gasteiger partial charge in [0.25, 0.3) is 5.56 Å². The Kier molecular flexibility index (Phi) is 8.52. The van der Waals surface area contributed by atoms with Crippen molar-refractivity contribution in [3.05, 3.63) is 124 Å². The first-order chi connectivity index (χ1) is 18.4. The number of rotatable bonds is 10. The highest BCUT2D eigenvalue weighted by Crippen LogP contribution is 2.25. The second-order valence-electron chi connectivity index (χ2n) is 9.07. The topological polar surface area (TPSA) is 77.1 Å². The molecule has 3 aromatic carbocycles. The Morgan fingerprint density at radius 2 is 1.76 bits per heavy atom. The number of hydrogen-bond donors (Lipinski definition) is 0. The van der Waals surface area contributed by atoms with E-state index in [9.17, 15) is 10.1 Å². The molecule has 0 aliphatic heterocycles. The highest BCUT2D eigenvalue weighted by atomic mass is 16.5. The largest absolute Gasteiger partial charge is 0.460 e. The second-order valence-corrected chi connectivity index (χ2v) is 9.07. The SMILES string of the molecule is C=C(COC)Oc1ccc(-n2c(C)nc(CCC)c(Cc3ccc(-c4ccccc4C#N)cc3)c2=O)cc1. The first-order valence-electron chi connectivity index (χ1n) is 12.6. The molecule has 192 valence electrons. The lowest BCUT2D eigenvalue weighted by atomic mass is 9.97. The monoisotopic (exact) mass is 505 g/mol. The van der Waals surface area contributed by atoms with E-state index in [1.165, 1.54) is 0 Å². The van der Waals surface area contributed by atoms with Crippen LogP contribution in [0.15, 0.2) is 89.9 Å². The number of nitriles is 1. The summed E-state index contributed by atoms with van der Waals surface area (Å²) in [5.74, 6) is 1.77. The van der Waals surface area contributed by atoms with Crippen LogP contribution in [-0.4, -0.2) is 23.3 Å². The van der Waals surface area contributed by atoms with Crippen LogP contribution in [0, 0.1) is 18.3 Å². The summed E-state index contributed by atoms with van der Waals surface area (Å²) >= 11 is 0. The molecule has 0 atom stereocenters. The molecule has 0 spiro atoms. The molecule has 4 aromatic rings. The molecule has 0 N–H and O–H groups in total. The highest BCUT2D eigenvalue weighted by Gasteiger charge is 2.16. The third-order valence-corrected chi connectivity index (χ3v) is 6.27. The summed E-state index contributed by atoms with van der Waals surface area (Å²) in [6.45, 7) is 8.08. The third kappa shape index (κ3) is 5.91. The Labute approximate surface area is 223 Å². The van der Waals surface area contributed by atoms with Gasteiger partial charge in [-0.05, 0) is 60.4 Å². The molecule has 4 rings (SSSR count). The Morgan fingerprint density at radius 3 is 2.42 bits per heavy atom. The fourth-order valence-electron chi connectivity index (χ4n) is 4.50. The van der Waals surface area contributed by atoms with Crippen molar-refractivity contribution in [2.45, 2.75) is 33.1 Å². The van der Waals surface area contributed by atoms with Crippen LogP contribution in [0.1, 0.15) is 41.6 Å². The van der Waals surface area contributed by atoms with E-state index in [4.69, 9.17) is 14.5 Å². The van der Waals surface area contributed by atoms with Crippen LogP contribution >= 0.6 is 0 Å². The van der Waals surface area contributed by atoms with E-state index in [2.05, 4.69) is 19.6 Å². The smallest absolute Gasteiger partial charge is 0.261 e. The highest BCUT2D eigenvalue weighted by molar-refractivity contribution is 5.70. The lowest BCUT2D eigenvalue weighted by Gasteiger charge is -2.16. The summed E-state index contributed by atoms with van der Waals surface area (Å²) < 4.78 is 12.4. The van der Waals surface area contributed by atoms with Crippen molar-refractivity contribution in [2.24, 2.45) is 0 Å². The Bertz CT molecular complexity index is 1530. The van der Waals surface area contributed by atoms with Crippen molar-refractivity contribution in [1.29, 1.82) is 5.26 Å². The number of benzene rings is 3. The van der Waals surface area contributed by atoms with Crippen molar-refractivity contribution in [1.82, 2.24) is 9.55 Å². The van der Waals surface area contributed by atoms with Crippen LogP contribution in [0.3, 0.4) is 0 Å². The summed E-state index contributed by atoms with van der Waals surface area (Å²) in [4.78, 5) is 18.7. The molecular formula is C32H31N3O3. The second kappa shape index (κ2) is 12.2. The minimum absolute atomic E-state index is 0.0719. The molecular weight excluding hydrogens is 474 g/mol. The standard InChI is InChI=1S/C32H31N3O3/c1-5-8-31-30(19-24-11-13-25(14-12-24)29-10-7-6-9-26(29)20-33)32(36)35(23(3)34-31)27-15-17-28(18-16-27)38-22(2)21-37-4/h6-7,9-18H,2,5,8,19,21H2,1,3-4H3. The van der Waals surface area contributed by atoms with E-state index in [0.29, 0.717) is 41.5 Å². The Hall–Kier alpha value is -4.47. The quantitative estimate of drug-likeness (QED) is 0.241. The van der Waals surface area contributed by atoms with Crippen molar-refractivity contribution in [3.8, 4) is 28.6 Å². The Morgan fingerprint density at radius 1 is 1.05 bits per heavy atom. The van der Waals surface area contributed by atoms with E-state index < -0.39 is 0 Å². The van der Waals surface area contributed by atoms with Gasteiger partial charge in [-0.2, -0.15) is 5.26 Å². The minimum atomic E-state index is -0.0719. The predicted molar refractivity (Wildman–Crippen MR) is 150 cm³/mol. The molecule has 0 unspecified atom stereocenters. The maximum Gasteiger partial charge on any atom is 0.261 e. The van der Waals surface area contributed by atoms with Gasteiger partial charge < -0.3 is 9.47 Å². The Balaban J connectivity index is 1.67. The lowest BCUT2D eigenvalue weighted by molar-refractivity contribution is 0.190. The van der Waals surface area contributed by atoms with Crippen LogP contribution in [0.5, 0.6) is 5.75 Å². The number of hydrogen-bond acceptors (Lipinski definition) is 5. The molecule has 6 heteroatoms. The van der Waals surface area contributed by atoms with Crippen LogP contribution in [0.4, 0.5) is 0 Å². The zero-order valence-electron chi connectivity index (χ0n) is 22.0. The molecule has 0 bridgehead atoms. The zero-order chi connectivity index (χ0) is 27.1. The normalized spacial score (nSPS) is 10.7. The number of nitrogens with zero attached hydrogens (tertiary/aromatic N) is 3. The van der Waals surface area contributed by atoms with Gasteiger partial charge in [-0.3, -0.25) is 9.36 Å². The number of aromatic nitrogens is 2. The van der Waals surface area contributed by atoms with E-state index >= 15 is 0 Å². The average Bonchev–Trinajstić information content (AvgIpc) is 2.92. The van der Waals surface area contributed by atoms with E-state index in [0.717, 1.165) is 40.9 Å². The molecule has 6 nitrogen and oxygen atoms in total. The summed E-state index contributed by atoms with van der Waals surface area (Å²) in [5, 5.41) is 9.45. The van der Waals surface area contributed by atoms with Crippen LogP contribution in [-0.2, 0) is 17.6 Å². The van der Waals surface area contributed by atoms with Crippen molar-refractivity contribution >= 4 is 0 Å². The summed E-state index contributed by atoms with van der Waals surface area (Å²) in [5.41, 5.74) is 5.68. The molecule has 0 aliphatic rings. The van der Waals surface area contributed by atoms with Gasteiger partial charge in [0.15, 0.2) is 0 Å². The molecule has 0 saturated carbocycles. The summed E-state index contributed by atoms with van der Waals surface area (Å²) in [6, 6.07) is 25.1. The maximum absolute atomic E-state index is 13.8. The van der Waals surface area contributed by atoms with Crippen molar-refractivity contribution in [3.63, 3.8) is 0 Å². The molecule has 0 radical (unpaired) electrons. The molecule has 0 amide bonds. The van der Waals surface area contributed by atoms with Crippen LogP contribution < -0.4 is 10.3 Å². The number of methoxy groups -OCH3 is 1. The molecule has 0 fully saturated rings. The summed E-state index contributed by atoms with van der Waals surface area (Å²) in [7, 11) is 1.59. The molecule has 38 heavy (non-hydrogen) atoms. The minimum Gasteiger partial charge on any atom is -0.460 e. The zero-order valence-corrected chi connectivity index (χ0v) is 22.0. The maximum atomic E-state index is 13.8. The number of ether oxygens (including phenoxy) is 2. The fourth-order valence-corrected chi connectivity index (χ4v) is 4.50. The third-order valence-electron chi connectivity index (χ3n) is 6.27. The van der Waals surface area contributed by atoms with Gasteiger partial charge in [-0.1, -0.05) is 62.4 Å². The first-order valence-corrected chi connectivity index (χ1v) is 12.6. The molecule has 1 aromatic heterocycles.